The molecule has 1 aliphatic carbocycles. The number of carbonyl (C=O) groups excluding carboxylic acids is 3. The second-order valence-corrected chi connectivity index (χ2v) is 13.1. The van der Waals surface area contributed by atoms with Crippen LogP contribution in [0.1, 0.15) is 72.4 Å². The number of ether oxygens (including phenoxy) is 2. The number of aromatic nitrogens is 2. The first-order valence-corrected chi connectivity index (χ1v) is 14.4. The van der Waals surface area contributed by atoms with Gasteiger partial charge in [-0.15, -0.1) is 0 Å². The third-order valence-electron chi connectivity index (χ3n) is 8.84. The number of nitrogens with zero attached hydrogens (tertiary/aromatic N) is 3. The third-order valence-corrected chi connectivity index (χ3v) is 8.84. The summed E-state index contributed by atoms with van der Waals surface area (Å²) in [4.78, 5) is 48.8. The van der Waals surface area contributed by atoms with Gasteiger partial charge in [0.25, 0.3) is 5.92 Å². The van der Waals surface area contributed by atoms with Gasteiger partial charge in [0.2, 0.25) is 11.8 Å². The topological polar surface area (TPSA) is 111 Å². The van der Waals surface area contributed by atoms with E-state index in [9.17, 15) is 18.8 Å². The number of amides is 2. The van der Waals surface area contributed by atoms with Crippen LogP contribution in [0.25, 0.3) is 11.0 Å². The van der Waals surface area contributed by atoms with Crippen LogP contribution in [-0.4, -0.2) is 63.5 Å². The van der Waals surface area contributed by atoms with Gasteiger partial charge in [0.1, 0.15) is 29.9 Å². The zero-order valence-corrected chi connectivity index (χ0v) is 24.5. The third kappa shape index (κ3) is 5.76. The quantitative estimate of drug-likeness (QED) is 0.458. The van der Waals surface area contributed by atoms with Gasteiger partial charge in [0.15, 0.2) is 5.69 Å². The second-order valence-electron chi connectivity index (χ2n) is 13.1. The highest BCUT2D eigenvalue weighted by Gasteiger charge is 2.54. The van der Waals surface area contributed by atoms with Crippen molar-refractivity contribution in [1.82, 2.24) is 20.2 Å². The number of hydrogen-bond donors (Lipinski definition) is 1. The lowest BCUT2D eigenvalue weighted by Gasteiger charge is -2.35. The van der Waals surface area contributed by atoms with E-state index < -0.39 is 76.9 Å². The number of hydrogen-bond acceptors (Lipinski definition) is 7. The molecule has 0 unspecified atom stereocenters. The molecular weight excluding hydrogens is 553 g/mol. The molecule has 0 spiro atoms. The average molecular weight is 591 g/mol. The van der Waals surface area contributed by atoms with Crippen molar-refractivity contribution in [3.63, 3.8) is 0 Å². The molecule has 1 aromatic heterocycles. The van der Waals surface area contributed by atoms with Crippen LogP contribution in [0.2, 0.25) is 0 Å². The monoisotopic (exact) mass is 590 g/mol. The molecule has 1 saturated heterocycles. The van der Waals surface area contributed by atoms with Gasteiger partial charge in [-0.1, -0.05) is 34.1 Å². The van der Waals surface area contributed by atoms with Crippen molar-refractivity contribution < 1.29 is 37.0 Å². The summed E-state index contributed by atoms with van der Waals surface area (Å²) in [6, 6.07) is 1.51. The molecule has 1 saturated carbocycles. The van der Waals surface area contributed by atoms with Crippen LogP contribution in [0.3, 0.4) is 0 Å². The lowest BCUT2D eigenvalue weighted by molar-refractivity contribution is -0.139. The molecule has 3 aliphatic rings. The van der Waals surface area contributed by atoms with Gasteiger partial charge >= 0.3 is 6.09 Å². The van der Waals surface area contributed by atoms with Crippen molar-refractivity contribution in [2.24, 2.45) is 17.3 Å². The van der Waals surface area contributed by atoms with Gasteiger partial charge in [-0.3, -0.25) is 4.79 Å². The minimum Gasteiger partial charge on any atom is -0.471 e. The van der Waals surface area contributed by atoms with Crippen molar-refractivity contribution in [2.75, 3.05) is 6.54 Å². The number of rotatable bonds is 1. The standard InChI is InChI=1S/C30H37F3N4O5/c1-16-21(15-38)37-14-22(16)41-25-23(34-19-10-9-18(31)12-20(19)35-25)30(32,33)11-7-6-8-17-13-29(17,5)42-27(40)36-24(26(37)39)28(2,3)4/h9-10,12,15-17,21-22,24H,6-8,11,13-14H2,1-5H3,(H,36,40)/t16-,17+,21+,22-,24+,29+/m0/s1. The van der Waals surface area contributed by atoms with E-state index in [1.165, 1.54) is 11.0 Å². The predicted molar refractivity (Wildman–Crippen MR) is 146 cm³/mol. The van der Waals surface area contributed by atoms with E-state index in [0.29, 0.717) is 25.5 Å². The number of halogens is 3. The Kier molecular flexibility index (Phi) is 7.64. The van der Waals surface area contributed by atoms with Gasteiger partial charge in [0, 0.05) is 24.3 Å². The van der Waals surface area contributed by atoms with E-state index in [-0.39, 0.29) is 29.9 Å². The van der Waals surface area contributed by atoms with Gasteiger partial charge in [-0.25, -0.2) is 19.2 Å². The van der Waals surface area contributed by atoms with E-state index in [2.05, 4.69) is 15.3 Å². The Bertz CT molecular complexity index is 1400. The predicted octanol–water partition coefficient (Wildman–Crippen LogP) is 5.15. The van der Waals surface area contributed by atoms with Crippen LogP contribution in [-0.2, 0) is 20.2 Å². The molecule has 42 heavy (non-hydrogen) atoms. The minimum atomic E-state index is -3.42. The Morgan fingerprint density at radius 3 is 2.57 bits per heavy atom. The van der Waals surface area contributed by atoms with E-state index in [0.717, 1.165) is 12.1 Å². The Morgan fingerprint density at radius 2 is 1.88 bits per heavy atom. The first kappa shape index (κ1) is 30.0. The molecule has 9 nitrogen and oxygen atoms in total. The molecule has 1 N–H and O–H groups in total. The highest BCUT2D eigenvalue weighted by molar-refractivity contribution is 5.89. The Balaban J connectivity index is 1.56. The largest absolute Gasteiger partial charge is 0.471 e. The van der Waals surface area contributed by atoms with E-state index in [4.69, 9.17) is 9.47 Å². The summed E-state index contributed by atoms with van der Waals surface area (Å²) in [6.07, 6.45) is 0.265. The van der Waals surface area contributed by atoms with Crippen molar-refractivity contribution >= 4 is 29.3 Å². The molecule has 12 heteroatoms. The maximum atomic E-state index is 15.7. The number of fused-ring (bicyclic) bond motifs is 5. The maximum Gasteiger partial charge on any atom is 0.408 e. The normalized spacial score (nSPS) is 32.0. The summed E-state index contributed by atoms with van der Waals surface area (Å²) in [6.45, 7) is 8.69. The first-order valence-electron chi connectivity index (χ1n) is 14.4. The van der Waals surface area contributed by atoms with Crippen LogP contribution in [0.15, 0.2) is 18.2 Å². The lowest BCUT2D eigenvalue weighted by atomic mass is 9.85. The van der Waals surface area contributed by atoms with Gasteiger partial charge in [0.05, 0.1) is 23.6 Å². The number of carbonyl (C=O) groups is 3. The number of alkyl carbamates (subject to hydrolysis) is 1. The molecule has 2 amide bonds. The van der Waals surface area contributed by atoms with Crippen molar-refractivity contribution in [3.05, 3.63) is 29.7 Å². The van der Waals surface area contributed by atoms with Crippen LogP contribution in [0.5, 0.6) is 5.88 Å². The SMILES string of the molecule is C[C@@H]1[C@@H]2CN(C(=O)[C@H](C(C)(C)C)NC(=O)O[C@]3(C)C[C@H]3CCCCC(F)(F)c3nc4ccc(F)cc4nc3O2)[C@@H]1C=O. The average Bonchev–Trinajstić information content (AvgIpc) is 3.42. The molecular formula is C30H37F3N4O5. The number of nitrogens with one attached hydrogen (secondary N) is 1. The molecule has 1 aromatic carbocycles. The molecule has 2 aliphatic heterocycles. The minimum absolute atomic E-state index is 0.00780. The number of benzene rings is 1. The van der Waals surface area contributed by atoms with E-state index in [1.807, 2.05) is 0 Å². The molecule has 5 rings (SSSR count). The number of alkyl halides is 2. The van der Waals surface area contributed by atoms with Crippen LogP contribution in [0.4, 0.5) is 18.0 Å². The highest BCUT2D eigenvalue weighted by atomic mass is 19.3. The summed E-state index contributed by atoms with van der Waals surface area (Å²) < 4.78 is 57.2. The van der Waals surface area contributed by atoms with Crippen LogP contribution < -0.4 is 10.1 Å². The smallest absolute Gasteiger partial charge is 0.408 e. The summed E-state index contributed by atoms with van der Waals surface area (Å²) in [5.74, 6) is -5.61. The Hall–Kier alpha value is -3.44. The van der Waals surface area contributed by atoms with E-state index in [1.54, 1.807) is 34.6 Å². The van der Waals surface area contributed by atoms with Crippen LogP contribution >= 0.6 is 0 Å². The fraction of sp³-hybridized carbons (Fsp3) is 0.633. The molecule has 6 atom stereocenters. The fourth-order valence-electron chi connectivity index (χ4n) is 6.03. The van der Waals surface area contributed by atoms with Crippen molar-refractivity contribution in [2.45, 2.75) is 96.4 Å². The lowest BCUT2D eigenvalue weighted by Crippen LogP contribution is -2.56. The summed E-state index contributed by atoms with van der Waals surface area (Å²) in [7, 11) is 0. The fourth-order valence-corrected chi connectivity index (χ4v) is 6.03. The van der Waals surface area contributed by atoms with Gasteiger partial charge < -0.3 is 24.5 Å². The summed E-state index contributed by atoms with van der Waals surface area (Å²) in [5, 5.41) is 2.72. The summed E-state index contributed by atoms with van der Waals surface area (Å²) in [5.41, 5.74) is -2.03. The Labute approximate surface area is 242 Å². The van der Waals surface area contributed by atoms with Gasteiger partial charge in [-0.05, 0) is 43.7 Å². The van der Waals surface area contributed by atoms with Crippen LogP contribution in [0, 0.1) is 23.1 Å². The first-order chi connectivity index (χ1) is 19.6. The molecule has 0 radical (unpaired) electrons. The maximum absolute atomic E-state index is 15.7. The zero-order valence-electron chi connectivity index (χ0n) is 24.5. The summed E-state index contributed by atoms with van der Waals surface area (Å²) >= 11 is 0. The van der Waals surface area contributed by atoms with E-state index >= 15 is 8.78 Å². The number of aldehydes is 1. The highest BCUT2D eigenvalue weighted by Crippen LogP contribution is 2.50. The zero-order chi connectivity index (χ0) is 30.6. The Morgan fingerprint density at radius 1 is 1.14 bits per heavy atom. The second kappa shape index (κ2) is 10.7. The molecule has 3 heterocycles. The van der Waals surface area contributed by atoms with Crippen molar-refractivity contribution in [3.8, 4) is 5.88 Å². The van der Waals surface area contributed by atoms with Gasteiger partial charge in [-0.2, -0.15) is 8.78 Å². The molecule has 228 valence electrons. The molecule has 2 aromatic rings. The molecule has 2 fully saturated rings. The molecule has 2 bridgehead atoms. The van der Waals surface area contributed by atoms with Crippen molar-refractivity contribution in [1.29, 1.82) is 0 Å².